The van der Waals surface area contributed by atoms with E-state index in [0.717, 1.165) is 11.8 Å². The zero-order chi connectivity index (χ0) is 12.0. The molecule has 0 bridgehead atoms. The van der Waals surface area contributed by atoms with Crippen LogP contribution < -0.4 is 10.1 Å². The number of nitrogens with one attached hydrogen (secondary N) is 1. The molecule has 0 spiro atoms. The van der Waals surface area contributed by atoms with Crippen molar-refractivity contribution in [3.05, 3.63) is 36.1 Å². The lowest BCUT2D eigenvalue weighted by atomic mass is 10.3. The van der Waals surface area contributed by atoms with Gasteiger partial charge in [-0.2, -0.15) is 0 Å². The van der Waals surface area contributed by atoms with Gasteiger partial charge in [0.15, 0.2) is 0 Å². The van der Waals surface area contributed by atoms with E-state index in [-0.39, 0.29) is 11.7 Å². The van der Waals surface area contributed by atoms with Crippen molar-refractivity contribution in [1.29, 1.82) is 0 Å². The van der Waals surface area contributed by atoms with Crippen LogP contribution >= 0.6 is 0 Å². The minimum absolute atomic E-state index is 0.0246. The molecular weight excluding hydrogens is 206 g/mol. The second-order valence-electron chi connectivity index (χ2n) is 3.23. The number of amides is 1. The zero-order valence-electron chi connectivity index (χ0n) is 9.36. The highest BCUT2D eigenvalue weighted by atomic mass is 16.5. The van der Waals surface area contributed by atoms with Gasteiger partial charge in [-0.3, -0.25) is 4.79 Å². The number of carbonyl (C=O) groups is 1. The van der Waals surface area contributed by atoms with Gasteiger partial charge < -0.3 is 15.2 Å². The highest BCUT2D eigenvalue weighted by molar-refractivity contribution is 5.99. The minimum atomic E-state index is -0.357. The third-order valence-corrected chi connectivity index (χ3v) is 1.77. The van der Waals surface area contributed by atoms with Crippen LogP contribution in [-0.2, 0) is 4.79 Å². The molecule has 4 heteroatoms. The molecule has 4 nitrogen and oxygen atoms in total. The number of hydrogen-bond acceptors (Lipinski definition) is 3. The van der Waals surface area contributed by atoms with E-state index in [1.54, 1.807) is 24.3 Å². The van der Waals surface area contributed by atoms with Gasteiger partial charge in [-0.1, -0.05) is 0 Å². The fourth-order valence-corrected chi connectivity index (χ4v) is 1.17. The lowest BCUT2D eigenvalue weighted by Crippen LogP contribution is -2.08. The van der Waals surface area contributed by atoms with Crippen LogP contribution in [0.2, 0.25) is 0 Å². The molecule has 16 heavy (non-hydrogen) atoms. The van der Waals surface area contributed by atoms with E-state index in [2.05, 4.69) is 5.32 Å². The summed E-state index contributed by atoms with van der Waals surface area (Å²) < 4.78 is 5.27. The summed E-state index contributed by atoms with van der Waals surface area (Å²) in [5, 5.41) is 11.5. The number of rotatable bonds is 4. The highest BCUT2D eigenvalue weighted by Crippen LogP contribution is 2.15. The molecule has 0 aliphatic rings. The molecule has 1 rings (SSSR count). The molecular formula is C12H15NO3. The van der Waals surface area contributed by atoms with Crippen LogP contribution in [0.25, 0.3) is 0 Å². The second-order valence-corrected chi connectivity index (χ2v) is 3.23. The maximum absolute atomic E-state index is 11.3. The van der Waals surface area contributed by atoms with E-state index < -0.39 is 0 Å². The molecule has 0 aliphatic carbocycles. The van der Waals surface area contributed by atoms with Crippen LogP contribution in [0.4, 0.5) is 5.69 Å². The molecule has 0 aliphatic heterocycles. The fraction of sp³-hybridized carbons (Fsp3) is 0.250. The van der Waals surface area contributed by atoms with Gasteiger partial charge in [-0.05, 0) is 38.1 Å². The van der Waals surface area contributed by atoms with Gasteiger partial charge >= 0.3 is 0 Å². The topological polar surface area (TPSA) is 58.6 Å². The third-order valence-electron chi connectivity index (χ3n) is 1.77. The standard InChI is InChI=1S/C12H15NO3/c1-3-16-11-6-4-10(5-7-11)13-12(15)8-9(2)14/h4-8,14H,3H2,1-2H3,(H,13,15)/b9-8-. The van der Waals surface area contributed by atoms with Crippen molar-refractivity contribution in [2.24, 2.45) is 0 Å². The van der Waals surface area contributed by atoms with Gasteiger partial charge in [0.2, 0.25) is 0 Å². The van der Waals surface area contributed by atoms with Crippen molar-refractivity contribution in [2.75, 3.05) is 11.9 Å². The van der Waals surface area contributed by atoms with Crippen LogP contribution in [0.3, 0.4) is 0 Å². The van der Waals surface area contributed by atoms with E-state index in [9.17, 15) is 4.79 Å². The van der Waals surface area contributed by atoms with Gasteiger partial charge in [-0.15, -0.1) is 0 Å². The molecule has 2 N–H and O–H groups in total. The van der Waals surface area contributed by atoms with Gasteiger partial charge in [0.05, 0.1) is 12.4 Å². The van der Waals surface area contributed by atoms with E-state index >= 15 is 0 Å². The van der Waals surface area contributed by atoms with Crippen molar-refractivity contribution >= 4 is 11.6 Å². The zero-order valence-corrected chi connectivity index (χ0v) is 9.36. The van der Waals surface area contributed by atoms with Crippen LogP contribution in [0.5, 0.6) is 5.75 Å². The minimum Gasteiger partial charge on any atom is -0.512 e. The molecule has 1 aromatic carbocycles. The number of hydrogen-bond donors (Lipinski definition) is 2. The first-order chi connectivity index (χ1) is 7.61. The smallest absolute Gasteiger partial charge is 0.251 e. The quantitative estimate of drug-likeness (QED) is 0.606. The summed E-state index contributed by atoms with van der Waals surface area (Å²) in [4.78, 5) is 11.3. The second kappa shape index (κ2) is 5.80. The van der Waals surface area contributed by atoms with E-state index in [1.807, 2.05) is 6.92 Å². The molecule has 1 aromatic rings. The Morgan fingerprint density at radius 2 is 2.06 bits per heavy atom. The SMILES string of the molecule is CCOc1ccc(NC(=O)/C=C(/C)O)cc1. The van der Waals surface area contributed by atoms with Gasteiger partial charge in [-0.25, -0.2) is 0 Å². The van der Waals surface area contributed by atoms with Crippen molar-refractivity contribution in [3.63, 3.8) is 0 Å². The fourth-order valence-electron chi connectivity index (χ4n) is 1.17. The summed E-state index contributed by atoms with van der Waals surface area (Å²) >= 11 is 0. The first-order valence-corrected chi connectivity index (χ1v) is 5.03. The Morgan fingerprint density at radius 3 is 2.56 bits per heavy atom. The largest absolute Gasteiger partial charge is 0.512 e. The Hall–Kier alpha value is -1.97. The Kier molecular flexibility index (Phi) is 4.39. The molecule has 1 amide bonds. The molecule has 0 fully saturated rings. The van der Waals surface area contributed by atoms with E-state index in [0.29, 0.717) is 12.3 Å². The average Bonchev–Trinajstić information content (AvgIpc) is 2.20. The van der Waals surface area contributed by atoms with Crippen LogP contribution in [0.1, 0.15) is 13.8 Å². The van der Waals surface area contributed by atoms with Crippen molar-refractivity contribution in [3.8, 4) is 5.75 Å². The molecule has 86 valence electrons. The number of aliphatic hydroxyl groups excluding tert-OH is 1. The van der Waals surface area contributed by atoms with Crippen molar-refractivity contribution in [1.82, 2.24) is 0 Å². The molecule has 0 heterocycles. The molecule has 0 radical (unpaired) electrons. The molecule has 0 aromatic heterocycles. The summed E-state index contributed by atoms with van der Waals surface area (Å²) in [5.74, 6) is 0.377. The lowest BCUT2D eigenvalue weighted by Gasteiger charge is -2.05. The molecule has 0 saturated heterocycles. The summed E-state index contributed by atoms with van der Waals surface area (Å²) in [6.07, 6.45) is 1.12. The molecule has 0 saturated carbocycles. The number of aliphatic hydroxyl groups is 1. The number of carbonyl (C=O) groups excluding carboxylic acids is 1. The first-order valence-electron chi connectivity index (χ1n) is 5.03. The number of allylic oxidation sites excluding steroid dienone is 1. The van der Waals surface area contributed by atoms with Crippen molar-refractivity contribution in [2.45, 2.75) is 13.8 Å². The molecule has 0 unspecified atom stereocenters. The van der Waals surface area contributed by atoms with E-state index in [4.69, 9.17) is 9.84 Å². The van der Waals surface area contributed by atoms with Crippen LogP contribution in [-0.4, -0.2) is 17.6 Å². The summed E-state index contributed by atoms with van der Waals surface area (Å²) in [5.41, 5.74) is 0.658. The summed E-state index contributed by atoms with van der Waals surface area (Å²) in [6.45, 7) is 3.96. The van der Waals surface area contributed by atoms with Gasteiger partial charge in [0.1, 0.15) is 5.75 Å². The Balaban J connectivity index is 2.61. The Morgan fingerprint density at radius 1 is 1.44 bits per heavy atom. The number of ether oxygens (including phenoxy) is 1. The molecule has 0 atom stereocenters. The first kappa shape index (κ1) is 12.1. The number of anilines is 1. The summed E-state index contributed by atoms with van der Waals surface area (Å²) in [7, 11) is 0. The van der Waals surface area contributed by atoms with E-state index in [1.165, 1.54) is 6.92 Å². The average molecular weight is 221 g/mol. The van der Waals surface area contributed by atoms with Crippen molar-refractivity contribution < 1.29 is 14.6 Å². The normalized spacial score (nSPS) is 11.0. The lowest BCUT2D eigenvalue weighted by molar-refractivity contribution is -0.112. The monoisotopic (exact) mass is 221 g/mol. The third kappa shape index (κ3) is 4.04. The number of benzene rings is 1. The Labute approximate surface area is 94.6 Å². The predicted octanol–water partition coefficient (Wildman–Crippen LogP) is 2.49. The maximum atomic E-state index is 11.3. The van der Waals surface area contributed by atoms with Crippen LogP contribution in [0.15, 0.2) is 36.1 Å². The maximum Gasteiger partial charge on any atom is 0.251 e. The predicted molar refractivity (Wildman–Crippen MR) is 62.6 cm³/mol. The van der Waals surface area contributed by atoms with Gasteiger partial charge in [0, 0.05) is 11.8 Å². The summed E-state index contributed by atoms with van der Waals surface area (Å²) in [6, 6.07) is 7.02. The van der Waals surface area contributed by atoms with Crippen LogP contribution in [0, 0.1) is 0 Å². The Bertz CT molecular complexity index is 378. The van der Waals surface area contributed by atoms with Gasteiger partial charge in [0.25, 0.3) is 5.91 Å². The highest BCUT2D eigenvalue weighted by Gasteiger charge is 1.99.